The minimum Gasteiger partial charge on any atom is -0.340 e. The molecule has 156 valence electrons. The Kier molecular flexibility index (Phi) is 6.34. The normalized spacial score (nSPS) is 28.5. The van der Waals surface area contributed by atoms with Crippen LogP contribution in [0.3, 0.4) is 0 Å². The van der Waals surface area contributed by atoms with Crippen LogP contribution in [-0.4, -0.2) is 62.8 Å². The van der Waals surface area contributed by atoms with Gasteiger partial charge in [0.05, 0.1) is 10.3 Å². The number of fused-ring (bicyclic) bond motifs is 1. The molecule has 4 rings (SSSR count). The zero-order valence-electron chi connectivity index (χ0n) is 15.8. The van der Waals surface area contributed by atoms with Gasteiger partial charge < -0.3 is 10.2 Å². The van der Waals surface area contributed by atoms with Gasteiger partial charge in [-0.15, -0.1) is 12.4 Å². The lowest BCUT2D eigenvalue weighted by Gasteiger charge is -2.43. The predicted octanol–water partition coefficient (Wildman–Crippen LogP) is 1.86. The number of sulfonamides is 1. The van der Waals surface area contributed by atoms with E-state index in [1.165, 1.54) is 22.9 Å². The van der Waals surface area contributed by atoms with Crippen LogP contribution in [-0.2, 0) is 14.8 Å². The molecule has 28 heavy (non-hydrogen) atoms. The van der Waals surface area contributed by atoms with Crippen molar-refractivity contribution in [2.75, 3.05) is 39.3 Å². The van der Waals surface area contributed by atoms with Crippen molar-refractivity contribution in [1.29, 1.82) is 0 Å². The van der Waals surface area contributed by atoms with Crippen molar-refractivity contribution in [2.45, 2.75) is 30.6 Å². The molecule has 2 atom stereocenters. The number of piperazine rings is 1. The van der Waals surface area contributed by atoms with Crippen LogP contribution in [0.15, 0.2) is 29.2 Å². The lowest BCUT2D eigenvalue weighted by molar-refractivity contribution is -0.146. The van der Waals surface area contributed by atoms with Gasteiger partial charge in [0.1, 0.15) is 5.82 Å². The fourth-order valence-corrected chi connectivity index (χ4v) is 6.29. The first-order valence-corrected chi connectivity index (χ1v) is 11.1. The van der Waals surface area contributed by atoms with Crippen LogP contribution in [0.5, 0.6) is 0 Å². The molecule has 0 bridgehead atoms. The summed E-state index contributed by atoms with van der Waals surface area (Å²) in [7, 11) is -3.66. The Balaban J connectivity index is 0.00000225. The molecule has 3 fully saturated rings. The number of hydrogen-bond donors (Lipinski definition) is 1. The fourth-order valence-electron chi connectivity index (χ4n) is 4.87. The zero-order valence-corrected chi connectivity index (χ0v) is 17.4. The van der Waals surface area contributed by atoms with E-state index in [-0.39, 0.29) is 41.7 Å². The number of carbonyl (C=O) groups excluding carboxylic acids is 1. The van der Waals surface area contributed by atoms with E-state index in [1.54, 1.807) is 0 Å². The van der Waals surface area contributed by atoms with Gasteiger partial charge in [-0.3, -0.25) is 4.79 Å². The van der Waals surface area contributed by atoms with Crippen molar-refractivity contribution >= 4 is 28.3 Å². The summed E-state index contributed by atoms with van der Waals surface area (Å²) in [6.07, 6.45) is 4.29. The topological polar surface area (TPSA) is 69.7 Å². The van der Waals surface area contributed by atoms with E-state index < -0.39 is 15.8 Å². The lowest BCUT2D eigenvalue weighted by atomic mass is 9.67. The van der Waals surface area contributed by atoms with E-state index in [0.29, 0.717) is 19.0 Å². The maximum atomic E-state index is 13.3. The predicted molar refractivity (Wildman–Crippen MR) is 106 cm³/mol. The summed E-state index contributed by atoms with van der Waals surface area (Å²) in [5.74, 6) is 0.131. The average Bonchev–Trinajstić information content (AvgIpc) is 3.13. The van der Waals surface area contributed by atoms with Crippen LogP contribution in [0.1, 0.15) is 25.7 Å². The number of nitrogens with one attached hydrogen (secondary N) is 1. The van der Waals surface area contributed by atoms with Crippen molar-refractivity contribution < 1.29 is 17.6 Å². The second-order valence-corrected chi connectivity index (χ2v) is 9.82. The largest absolute Gasteiger partial charge is 0.340 e. The van der Waals surface area contributed by atoms with Gasteiger partial charge in [0.2, 0.25) is 15.9 Å². The molecule has 3 aliphatic rings. The summed E-state index contributed by atoms with van der Waals surface area (Å²) in [6.45, 7) is 3.02. The number of halogens is 2. The standard InChI is InChI=1S/C19H26FN3O3S.ClH/c20-16-4-6-17(7-5-16)27(25,26)23-11-9-22(10-12-23)18(24)19-8-2-1-3-15(19)13-21-14-19;/h4-7,15,21H,1-3,8-14H2;1H/t15-,19+;/m0./s1. The van der Waals surface area contributed by atoms with Gasteiger partial charge in [-0.05, 0) is 49.6 Å². The van der Waals surface area contributed by atoms with Crippen LogP contribution in [0.2, 0.25) is 0 Å². The molecule has 0 aromatic heterocycles. The first kappa shape index (κ1) is 21.5. The summed E-state index contributed by atoms with van der Waals surface area (Å²) < 4.78 is 40.0. The monoisotopic (exact) mass is 431 g/mol. The maximum Gasteiger partial charge on any atom is 0.243 e. The molecule has 2 saturated heterocycles. The number of nitrogens with zero attached hydrogens (tertiary/aromatic N) is 2. The Morgan fingerprint density at radius 2 is 1.79 bits per heavy atom. The maximum absolute atomic E-state index is 13.3. The molecule has 1 aromatic carbocycles. The Hall–Kier alpha value is -1.22. The molecule has 0 radical (unpaired) electrons. The first-order valence-electron chi connectivity index (χ1n) is 9.69. The molecular weight excluding hydrogens is 405 g/mol. The van der Waals surface area contributed by atoms with E-state index in [2.05, 4.69) is 5.32 Å². The molecule has 9 heteroatoms. The molecule has 2 heterocycles. The van der Waals surface area contributed by atoms with Crippen LogP contribution >= 0.6 is 12.4 Å². The Morgan fingerprint density at radius 3 is 2.46 bits per heavy atom. The zero-order chi connectivity index (χ0) is 19.1. The van der Waals surface area contributed by atoms with Gasteiger partial charge >= 0.3 is 0 Å². The highest BCUT2D eigenvalue weighted by Gasteiger charge is 2.51. The van der Waals surface area contributed by atoms with E-state index in [1.807, 2.05) is 4.90 Å². The highest BCUT2D eigenvalue weighted by molar-refractivity contribution is 7.89. The Bertz CT molecular complexity index is 812. The molecule has 1 amide bonds. The summed E-state index contributed by atoms with van der Waals surface area (Å²) in [4.78, 5) is 15.2. The molecule has 0 spiro atoms. The highest BCUT2D eigenvalue weighted by atomic mass is 35.5. The molecular formula is C19H27ClFN3O3S. The average molecular weight is 432 g/mol. The van der Waals surface area contributed by atoms with E-state index >= 15 is 0 Å². The van der Waals surface area contributed by atoms with Crippen molar-refractivity contribution in [3.8, 4) is 0 Å². The molecule has 1 saturated carbocycles. The molecule has 1 aromatic rings. The van der Waals surface area contributed by atoms with E-state index in [0.717, 1.165) is 44.5 Å². The molecule has 1 aliphatic carbocycles. The third kappa shape index (κ3) is 3.67. The van der Waals surface area contributed by atoms with Crippen molar-refractivity contribution in [1.82, 2.24) is 14.5 Å². The molecule has 1 N–H and O–H groups in total. The lowest BCUT2D eigenvalue weighted by Crippen LogP contribution is -2.56. The number of carbonyl (C=O) groups is 1. The van der Waals surface area contributed by atoms with Gasteiger partial charge in [0.25, 0.3) is 0 Å². The number of benzene rings is 1. The third-order valence-corrected chi connectivity index (χ3v) is 8.35. The number of amides is 1. The van der Waals surface area contributed by atoms with Gasteiger partial charge in [0.15, 0.2) is 0 Å². The summed E-state index contributed by atoms with van der Waals surface area (Å²) in [6, 6.07) is 4.89. The van der Waals surface area contributed by atoms with E-state index in [4.69, 9.17) is 0 Å². The summed E-state index contributed by atoms with van der Waals surface area (Å²) in [5, 5.41) is 3.40. The van der Waals surface area contributed by atoms with Gasteiger partial charge in [-0.25, -0.2) is 12.8 Å². The van der Waals surface area contributed by atoms with Crippen molar-refractivity contribution in [3.05, 3.63) is 30.1 Å². The minimum absolute atomic E-state index is 0. The van der Waals surface area contributed by atoms with Gasteiger partial charge in [0, 0.05) is 32.7 Å². The second kappa shape index (κ2) is 8.26. The third-order valence-electron chi connectivity index (χ3n) is 6.44. The SMILES string of the molecule is Cl.O=C(N1CCN(S(=O)(=O)c2ccc(F)cc2)CC1)[C@@]12CCCC[C@H]1CNC2. The van der Waals surface area contributed by atoms with Crippen molar-refractivity contribution in [3.63, 3.8) is 0 Å². The number of rotatable bonds is 3. The van der Waals surface area contributed by atoms with Crippen LogP contribution < -0.4 is 5.32 Å². The molecule has 0 unspecified atom stereocenters. The van der Waals surface area contributed by atoms with Crippen LogP contribution in [0.25, 0.3) is 0 Å². The minimum atomic E-state index is -3.66. The van der Waals surface area contributed by atoms with E-state index in [9.17, 15) is 17.6 Å². The van der Waals surface area contributed by atoms with Crippen LogP contribution in [0, 0.1) is 17.2 Å². The fraction of sp³-hybridized carbons (Fsp3) is 0.632. The number of hydrogen-bond acceptors (Lipinski definition) is 4. The van der Waals surface area contributed by atoms with Crippen LogP contribution in [0.4, 0.5) is 4.39 Å². The summed E-state index contributed by atoms with van der Waals surface area (Å²) >= 11 is 0. The molecule has 6 nitrogen and oxygen atoms in total. The molecule has 2 aliphatic heterocycles. The first-order chi connectivity index (χ1) is 12.9. The smallest absolute Gasteiger partial charge is 0.243 e. The highest BCUT2D eigenvalue weighted by Crippen LogP contribution is 2.45. The Morgan fingerprint density at radius 1 is 1.11 bits per heavy atom. The summed E-state index contributed by atoms with van der Waals surface area (Å²) in [5.41, 5.74) is -0.295. The van der Waals surface area contributed by atoms with Gasteiger partial charge in [-0.2, -0.15) is 4.31 Å². The second-order valence-electron chi connectivity index (χ2n) is 7.88. The Labute approximate surface area is 171 Å². The quantitative estimate of drug-likeness (QED) is 0.793. The van der Waals surface area contributed by atoms with Crippen molar-refractivity contribution in [2.24, 2.45) is 11.3 Å². The van der Waals surface area contributed by atoms with Gasteiger partial charge in [-0.1, -0.05) is 12.8 Å².